The van der Waals surface area contributed by atoms with Crippen molar-refractivity contribution in [2.45, 2.75) is 39.3 Å². The van der Waals surface area contributed by atoms with E-state index in [0.717, 1.165) is 17.7 Å². The van der Waals surface area contributed by atoms with Crippen molar-refractivity contribution < 1.29 is 22.7 Å². The molecule has 0 aromatic heterocycles. The highest BCUT2D eigenvalue weighted by Gasteiger charge is 2.34. The van der Waals surface area contributed by atoms with E-state index in [1.54, 1.807) is 6.07 Å². The number of hydrogen-bond acceptors (Lipinski definition) is 2. The zero-order valence-electron chi connectivity index (χ0n) is 14.4. The van der Waals surface area contributed by atoms with Crippen molar-refractivity contribution in [3.05, 3.63) is 47.5 Å². The van der Waals surface area contributed by atoms with Crippen LogP contribution in [0.1, 0.15) is 38.8 Å². The van der Waals surface area contributed by atoms with Gasteiger partial charge in [-0.25, -0.2) is 0 Å². The van der Waals surface area contributed by atoms with E-state index in [0.29, 0.717) is 17.1 Å². The molecule has 1 amide bonds. The van der Waals surface area contributed by atoms with Gasteiger partial charge >= 0.3 is 6.18 Å². The van der Waals surface area contributed by atoms with Crippen molar-refractivity contribution in [3.63, 3.8) is 0 Å². The molecule has 1 heterocycles. The van der Waals surface area contributed by atoms with Gasteiger partial charge in [0.25, 0.3) is 0 Å². The third-order valence-electron chi connectivity index (χ3n) is 4.13. The molecule has 0 radical (unpaired) electrons. The van der Waals surface area contributed by atoms with Crippen LogP contribution in [0, 0.1) is 0 Å². The minimum atomic E-state index is -4.48. The van der Waals surface area contributed by atoms with Gasteiger partial charge in [-0.1, -0.05) is 26.8 Å². The maximum absolute atomic E-state index is 13.0. The second-order valence-corrected chi connectivity index (χ2v) is 7.07. The number of anilines is 2. The molecule has 132 valence electrons. The van der Waals surface area contributed by atoms with Gasteiger partial charge in [-0.2, -0.15) is 13.2 Å². The maximum Gasteiger partial charge on any atom is 0.416 e. The summed E-state index contributed by atoms with van der Waals surface area (Å²) in [5.74, 6) is 0.0766. The van der Waals surface area contributed by atoms with E-state index in [1.807, 2.05) is 32.9 Å². The summed E-state index contributed by atoms with van der Waals surface area (Å²) in [6, 6.07) is 8.54. The Balaban J connectivity index is 2.17. The molecule has 1 aliphatic heterocycles. The zero-order chi connectivity index (χ0) is 18.6. The van der Waals surface area contributed by atoms with Gasteiger partial charge in [-0.05, 0) is 41.3 Å². The minimum Gasteiger partial charge on any atom is -0.453 e. The molecule has 25 heavy (non-hydrogen) atoms. The molecule has 3 rings (SSSR count). The summed E-state index contributed by atoms with van der Waals surface area (Å²) in [5.41, 5.74) is 0.880. The summed E-state index contributed by atoms with van der Waals surface area (Å²) in [4.78, 5) is 13.6. The number of carbonyl (C=O) groups excluding carboxylic acids is 1. The number of ether oxygens (including phenoxy) is 1. The number of nitrogens with zero attached hydrogens (tertiary/aromatic N) is 1. The van der Waals surface area contributed by atoms with Gasteiger partial charge in [0.15, 0.2) is 11.5 Å². The van der Waals surface area contributed by atoms with Gasteiger partial charge in [0, 0.05) is 6.92 Å². The van der Waals surface area contributed by atoms with Crippen LogP contribution in [0.25, 0.3) is 0 Å². The molecule has 0 atom stereocenters. The quantitative estimate of drug-likeness (QED) is 0.602. The van der Waals surface area contributed by atoms with Crippen LogP contribution in [-0.4, -0.2) is 5.91 Å². The largest absolute Gasteiger partial charge is 0.453 e. The highest BCUT2D eigenvalue weighted by molar-refractivity contribution is 6.03. The van der Waals surface area contributed by atoms with Crippen molar-refractivity contribution in [1.29, 1.82) is 0 Å². The molecule has 6 heteroatoms. The van der Waals surface area contributed by atoms with Crippen LogP contribution < -0.4 is 9.64 Å². The Morgan fingerprint density at radius 3 is 2.12 bits per heavy atom. The fourth-order valence-corrected chi connectivity index (χ4v) is 2.79. The Kier molecular flexibility index (Phi) is 3.82. The van der Waals surface area contributed by atoms with E-state index >= 15 is 0 Å². The molecule has 1 aliphatic rings. The molecule has 2 aromatic rings. The third kappa shape index (κ3) is 3.08. The van der Waals surface area contributed by atoms with Crippen LogP contribution in [0.4, 0.5) is 24.5 Å². The van der Waals surface area contributed by atoms with Gasteiger partial charge < -0.3 is 4.74 Å². The molecule has 0 N–H and O–H groups in total. The van der Waals surface area contributed by atoms with Crippen molar-refractivity contribution >= 4 is 17.3 Å². The minimum absolute atomic E-state index is 0.0148. The predicted octanol–water partition coefficient (Wildman–Crippen LogP) is 5.79. The van der Waals surface area contributed by atoms with Gasteiger partial charge in [0.1, 0.15) is 0 Å². The molecule has 0 aliphatic carbocycles. The molecular formula is C19H18F3NO2. The van der Waals surface area contributed by atoms with Crippen LogP contribution in [0.2, 0.25) is 0 Å². The first-order valence-electron chi connectivity index (χ1n) is 7.83. The Labute approximate surface area is 144 Å². The number of carbonyl (C=O) groups is 1. The molecule has 0 saturated heterocycles. The number of halogens is 3. The molecule has 0 saturated carbocycles. The van der Waals surface area contributed by atoms with Crippen molar-refractivity contribution in [1.82, 2.24) is 0 Å². The highest BCUT2D eigenvalue weighted by atomic mass is 19.4. The van der Waals surface area contributed by atoms with E-state index < -0.39 is 11.7 Å². The Morgan fingerprint density at radius 2 is 1.56 bits per heavy atom. The van der Waals surface area contributed by atoms with Crippen LogP contribution in [-0.2, 0) is 16.4 Å². The Bertz CT molecular complexity index is 851. The lowest BCUT2D eigenvalue weighted by Gasteiger charge is -2.32. The van der Waals surface area contributed by atoms with Gasteiger partial charge in [-0.15, -0.1) is 0 Å². The fourth-order valence-electron chi connectivity index (χ4n) is 2.79. The average Bonchev–Trinajstić information content (AvgIpc) is 2.49. The summed E-state index contributed by atoms with van der Waals surface area (Å²) >= 11 is 0. The van der Waals surface area contributed by atoms with Crippen molar-refractivity contribution in [2.75, 3.05) is 4.90 Å². The lowest BCUT2D eigenvalue weighted by atomic mass is 9.86. The number of amides is 1. The van der Waals surface area contributed by atoms with Crippen molar-refractivity contribution in [3.8, 4) is 11.5 Å². The number of rotatable bonds is 0. The van der Waals surface area contributed by atoms with Gasteiger partial charge in [-0.3, -0.25) is 9.69 Å². The lowest BCUT2D eigenvalue weighted by molar-refractivity contribution is -0.137. The number of hydrogen-bond donors (Lipinski definition) is 0. The molecule has 0 bridgehead atoms. The Hall–Kier alpha value is -2.50. The van der Waals surface area contributed by atoms with Crippen LogP contribution in [0.5, 0.6) is 11.5 Å². The van der Waals surface area contributed by atoms with E-state index in [1.165, 1.54) is 17.9 Å². The SMILES string of the molecule is CC(=O)N1c2ccc(C(F)(F)F)cc2Oc2ccc(C(C)(C)C)cc21. The monoisotopic (exact) mass is 349 g/mol. The standard InChI is InChI=1S/C19H18F3NO2/c1-11(24)23-14-7-5-13(19(20,21)22)10-17(14)25-16-8-6-12(9-15(16)23)18(2,3)4/h5-10H,1-4H3. The van der Waals surface area contributed by atoms with E-state index in [2.05, 4.69) is 0 Å². The van der Waals surface area contributed by atoms with E-state index in [-0.39, 0.29) is 17.1 Å². The number of benzene rings is 2. The summed E-state index contributed by atoms with van der Waals surface area (Å²) in [6.07, 6.45) is -4.48. The molecule has 2 aromatic carbocycles. The summed E-state index contributed by atoms with van der Waals surface area (Å²) in [5, 5.41) is 0. The highest BCUT2D eigenvalue weighted by Crippen LogP contribution is 2.49. The fraction of sp³-hybridized carbons (Fsp3) is 0.316. The predicted molar refractivity (Wildman–Crippen MR) is 89.5 cm³/mol. The van der Waals surface area contributed by atoms with Crippen LogP contribution in [0.15, 0.2) is 36.4 Å². The maximum atomic E-state index is 13.0. The summed E-state index contributed by atoms with van der Waals surface area (Å²) in [6.45, 7) is 7.50. The first-order valence-corrected chi connectivity index (χ1v) is 7.83. The van der Waals surface area contributed by atoms with Gasteiger partial charge in [0.2, 0.25) is 5.91 Å². The average molecular weight is 349 g/mol. The molecule has 0 spiro atoms. The molecule has 0 unspecified atom stereocenters. The topological polar surface area (TPSA) is 29.5 Å². The Morgan fingerprint density at radius 1 is 0.920 bits per heavy atom. The number of fused-ring (bicyclic) bond motifs is 2. The second-order valence-electron chi connectivity index (χ2n) is 7.07. The van der Waals surface area contributed by atoms with E-state index in [4.69, 9.17) is 4.74 Å². The molecule has 3 nitrogen and oxygen atoms in total. The van der Waals surface area contributed by atoms with Crippen LogP contribution in [0.3, 0.4) is 0 Å². The van der Waals surface area contributed by atoms with E-state index in [9.17, 15) is 18.0 Å². The smallest absolute Gasteiger partial charge is 0.416 e. The lowest BCUT2D eigenvalue weighted by Crippen LogP contribution is -2.27. The summed E-state index contributed by atoms with van der Waals surface area (Å²) in [7, 11) is 0. The number of alkyl halides is 3. The summed E-state index contributed by atoms with van der Waals surface area (Å²) < 4.78 is 44.5. The van der Waals surface area contributed by atoms with Crippen LogP contribution >= 0.6 is 0 Å². The third-order valence-corrected chi connectivity index (χ3v) is 4.13. The molecular weight excluding hydrogens is 331 g/mol. The second kappa shape index (κ2) is 5.51. The van der Waals surface area contributed by atoms with Gasteiger partial charge in [0.05, 0.1) is 16.9 Å². The first kappa shape index (κ1) is 17.3. The van der Waals surface area contributed by atoms with Crippen molar-refractivity contribution in [2.24, 2.45) is 0 Å². The first-order chi connectivity index (χ1) is 11.5. The normalized spacial score (nSPS) is 13.8. The molecule has 0 fully saturated rings. The zero-order valence-corrected chi connectivity index (χ0v) is 14.4.